The second kappa shape index (κ2) is 5.48. The van der Waals surface area contributed by atoms with E-state index in [0.29, 0.717) is 33.6 Å². The Bertz CT molecular complexity index is 859. The lowest BCUT2D eigenvalue weighted by atomic mass is 10.0. The third-order valence-corrected chi connectivity index (χ3v) is 3.36. The molecule has 0 spiro atoms. The van der Waals surface area contributed by atoms with E-state index in [-0.39, 0.29) is 5.78 Å². The third kappa shape index (κ3) is 2.51. The fourth-order valence-electron chi connectivity index (χ4n) is 2.44. The number of esters is 1. The molecule has 1 heterocycles. The Kier molecular flexibility index (Phi) is 3.51. The normalized spacial score (nSPS) is 10.6. The number of hydrogen-bond donors (Lipinski definition) is 0. The number of carbonyl (C=O) groups is 2. The minimum Gasteiger partial charge on any atom is -0.461 e. The SMILES string of the molecule is CC(=O)Oc1ccc2oc(C)c(C(=O)c3ccccc3)c2c1. The van der Waals surface area contributed by atoms with Crippen molar-refractivity contribution in [1.82, 2.24) is 0 Å². The topological polar surface area (TPSA) is 56.5 Å². The van der Waals surface area contributed by atoms with E-state index in [1.54, 1.807) is 37.3 Å². The highest BCUT2D eigenvalue weighted by Gasteiger charge is 2.20. The smallest absolute Gasteiger partial charge is 0.308 e. The van der Waals surface area contributed by atoms with Crippen molar-refractivity contribution in [3.63, 3.8) is 0 Å². The van der Waals surface area contributed by atoms with E-state index < -0.39 is 5.97 Å². The second-order valence-electron chi connectivity index (χ2n) is 4.98. The van der Waals surface area contributed by atoms with Gasteiger partial charge in [0.25, 0.3) is 0 Å². The second-order valence-corrected chi connectivity index (χ2v) is 4.98. The molecule has 0 atom stereocenters. The van der Waals surface area contributed by atoms with Gasteiger partial charge >= 0.3 is 5.97 Å². The summed E-state index contributed by atoms with van der Waals surface area (Å²) in [6.07, 6.45) is 0. The molecular formula is C18H14O4. The van der Waals surface area contributed by atoms with Gasteiger partial charge in [-0.3, -0.25) is 9.59 Å². The van der Waals surface area contributed by atoms with E-state index in [1.807, 2.05) is 18.2 Å². The molecule has 0 saturated carbocycles. The predicted molar refractivity (Wildman–Crippen MR) is 82.1 cm³/mol. The Morgan fingerprint density at radius 1 is 1.05 bits per heavy atom. The minimum absolute atomic E-state index is 0.114. The zero-order valence-corrected chi connectivity index (χ0v) is 12.3. The maximum Gasteiger partial charge on any atom is 0.308 e. The van der Waals surface area contributed by atoms with Crippen LogP contribution in [0.25, 0.3) is 11.0 Å². The maximum absolute atomic E-state index is 12.7. The minimum atomic E-state index is -0.407. The molecule has 0 amide bonds. The van der Waals surface area contributed by atoms with Crippen LogP contribution >= 0.6 is 0 Å². The first-order valence-corrected chi connectivity index (χ1v) is 6.87. The highest BCUT2D eigenvalue weighted by Crippen LogP contribution is 2.30. The van der Waals surface area contributed by atoms with Gasteiger partial charge in [-0.15, -0.1) is 0 Å². The van der Waals surface area contributed by atoms with Gasteiger partial charge in [0.15, 0.2) is 5.78 Å². The van der Waals surface area contributed by atoms with Gasteiger partial charge in [-0.05, 0) is 25.1 Å². The molecule has 3 aromatic rings. The molecule has 0 unspecified atom stereocenters. The lowest BCUT2D eigenvalue weighted by molar-refractivity contribution is -0.131. The van der Waals surface area contributed by atoms with Crippen molar-refractivity contribution in [3.05, 3.63) is 65.4 Å². The Morgan fingerprint density at radius 2 is 1.77 bits per heavy atom. The monoisotopic (exact) mass is 294 g/mol. The average Bonchev–Trinajstić information content (AvgIpc) is 2.82. The molecule has 0 aliphatic heterocycles. The number of fused-ring (bicyclic) bond motifs is 1. The van der Waals surface area contributed by atoms with Gasteiger partial charge in [-0.25, -0.2) is 0 Å². The summed E-state index contributed by atoms with van der Waals surface area (Å²) in [6, 6.07) is 14.0. The molecule has 0 radical (unpaired) electrons. The van der Waals surface area contributed by atoms with Crippen LogP contribution in [0.5, 0.6) is 5.75 Å². The number of furan rings is 1. The molecule has 3 rings (SSSR count). The van der Waals surface area contributed by atoms with Crippen LogP contribution in [0.15, 0.2) is 52.9 Å². The van der Waals surface area contributed by atoms with E-state index in [1.165, 1.54) is 6.92 Å². The summed E-state index contributed by atoms with van der Waals surface area (Å²) in [5, 5.41) is 0.644. The number of aryl methyl sites for hydroxylation is 1. The molecule has 0 bridgehead atoms. The summed E-state index contributed by atoms with van der Waals surface area (Å²) in [5.74, 6) is 0.416. The fraction of sp³-hybridized carbons (Fsp3) is 0.111. The van der Waals surface area contributed by atoms with Crippen LogP contribution in [-0.4, -0.2) is 11.8 Å². The van der Waals surface area contributed by atoms with Gasteiger partial charge in [0.1, 0.15) is 17.1 Å². The van der Waals surface area contributed by atoms with Crippen LogP contribution < -0.4 is 4.74 Å². The quantitative estimate of drug-likeness (QED) is 0.417. The number of ketones is 1. The van der Waals surface area contributed by atoms with Crippen LogP contribution in [0.2, 0.25) is 0 Å². The lowest BCUT2D eigenvalue weighted by Crippen LogP contribution is -2.03. The van der Waals surface area contributed by atoms with Gasteiger partial charge < -0.3 is 9.15 Å². The van der Waals surface area contributed by atoms with E-state index in [0.717, 1.165) is 0 Å². The molecule has 0 aliphatic rings. The van der Waals surface area contributed by atoms with Gasteiger partial charge in [-0.1, -0.05) is 30.3 Å². The first-order chi connectivity index (χ1) is 10.6. The van der Waals surface area contributed by atoms with Crippen molar-refractivity contribution in [2.75, 3.05) is 0 Å². The number of carbonyl (C=O) groups excluding carboxylic acids is 2. The Labute approximate surface area is 127 Å². The average molecular weight is 294 g/mol. The van der Waals surface area contributed by atoms with Gasteiger partial charge in [-0.2, -0.15) is 0 Å². The largest absolute Gasteiger partial charge is 0.461 e. The number of benzene rings is 2. The standard InChI is InChI=1S/C18H14O4/c1-11-17(18(20)13-6-4-3-5-7-13)15-10-14(22-12(2)19)8-9-16(15)21-11/h3-10H,1-2H3. The lowest BCUT2D eigenvalue weighted by Gasteiger charge is -2.02. The molecule has 0 N–H and O–H groups in total. The predicted octanol–water partition coefficient (Wildman–Crippen LogP) is 3.90. The molecule has 22 heavy (non-hydrogen) atoms. The molecule has 0 saturated heterocycles. The highest BCUT2D eigenvalue weighted by atomic mass is 16.5. The molecule has 2 aromatic carbocycles. The number of rotatable bonds is 3. The van der Waals surface area contributed by atoms with Crippen molar-refractivity contribution in [2.45, 2.75) is 13.8 Å². The Hall–Kier alpha value is -2.88. The van der Waals surface area contributed by atoms with Crippen LogP contribution in [0.1, 0.15) is 28.6 Å². The van der Waals surface area contributed by atoms with Crippen LogP contribution in [0.3, 0.4) is 0 Å². The molecule has 0 aliphatic carbocycles. The Morgan fingerprint density at radius 3 is 2.45 bits per heavy atom. The zero-order valence-electron chi connectivity index (χ0n) is 12.3. The zero-order chi connectivity index (χ0) is 15.7. The van der Waals surface area contributed by atoms with Gasteiger partial charge in [0.05, 0.1) is 5.56 Å². The van der Waals surface area contributed by atoms with Crippen LogP contribution in [0.4, 0.5) is 0 Å². The first kappa shape index (κ1) is 14.1. The van der Waals surface area contributed by atoms with Crippen molar-refractivity contribution >= 4 is 22.7 Å². The van der Waals surface area contributed by atoms with Crippen molar-refractivity contribution < 1.29 is 18.7 Å². The molecular weight excluding hydrogens is 280 g/mol. The van der Waals surface area contributed by atoms with Crippen molar-refractivity contribution in [1.29, 1.82) is 0 Å². The first-order valence-electron chi connectivity index (χ1n) is 6.87. The summed E-state index contributed by atoms with van der Waals surface area (Å²) in [4.78, 5) is 23.8. The summed E-state index contributed by atoms with van der Waals surface area (Å²) in [7, 11) is 0. The van der Waals surface area contributed by atoms with Crippen LogP contribution in [-0.2, 0) is 4.79 Å². The molecule has 110 valence electrons. The molecule has 0 fully saturated rings. The van der Waals surface area contributed by atoms with E-state index in [2.05, 4.69) is 0 Å². The van der Waals surface area contributed by atoms with Crippen molar-refractivity contribution in [2.24, 2.45) is 0 Å². The Balaban J connectivity index is 2.14. The molecule has 4 nitrogen and oxygen atoms in total. The van der Waals surface area contributed by atoms with Crippen molar-refractivity contribution in [3.8, 4) is 5.75 Å². The number of ether oxygens (including phenoxy) is 1. The summed E-state index contributed by atoms with van der Waals surface area (Å²) < 4.78 is 10.7. The number of hydrogen-bond acceptors (Lipinski definition) is 4. The van der Waals surface area contributed by atoms with Crippen LogP contribution in [0, 0.1) is 6.92 Å². The van der Waals surface area contributed by atoms with Gasteiger partial charge in [0.2, 0.25) is 0 Å². The highest BCUT2D eigenvalue weighted by molar-refractivity contribution is 6.17. The fourth-order valence-corrected chi connectivity index (χ4v) is 2.44. The summed E-state index contributed by atoms with van der Waals surface area (Å²) in [6.45, 7) is 3.09. The van der Waals surface area contributed by atoms with E-state index in [9.17, 15) is 9.59 Å². The molecule has 1 aromatic heterocycles. The summed E-state index contributed by atoms with van der Waals surface area (Å²) in [5.41, 5.74) is 1.68. The van der Waals surface area contributed by atoms with E-state index >= 15 is 0 Å². The van der Waals surface area contributed by atoms with Gasteiger partial charge in [0, 0.05) is 17.9 Å². The molecule has 4 heteroatoms. The van der Waals surface area contributed by atoms with E-state index in [4.69, 9.17) is 9.15 Å². The third-order valence-electron chi connectivity index (χ3n) is 3.36. The summed E-state index contributed by atoms with van der Waals surface area (Å²) >= 11 is 0. The maximum atomic E-state index is 12.7.